The van der Waals surface area contributed by atoms with Crippen molar-refractivity contribution in [1.82, 2.24) is 4.90 Å². The summed E-state index contributed by atoms with van der Waals surface area (Å²) in [7, 11) is 0. The van der Waals surface area contributed by atoms with E-state index in [0.717, 1.165) is 31.1 Å². The van der Waals surface area contributed by atoms with E-state index in [0.29, 0.717) is 0 Å². The summed E-state index contributed by atoms with van der Waals surface area (Å²) >= 11 is 0. The van der Waals surface area contributed by atoms with Crippen molar-refractivity contribution in [3.05, 3.63) is 41.5 Å². The molecule has 1 unspecified atom stereocenters. The number of likely N-dealkylation sites (tertiary alicyclic amines) is 1. The summed E-state index contributed by atoms with van der Waals surface area (Å²) in [6.45, 7) is 2.10. The number of rotatable bonds is 5. The predicted octanol–water partition coefficient (Wildman–Crippen LogP) is 2.13. The van der Waals surface area contributed by atoms with Gasteiger partial charge in [0.25, 0.3) is 0 Å². The lowest BCUT2D eigenvalue weighted by Crippen LogP contribution is -2.41. The number of aliphatic carboxylic acids is 1. The first kappa shape index (κ1) is 14.8. The van der Waals surface area contributed by atoms with Gasteiger partial charge in [0.05, 0.1) is 6.61 Å². The second-order valence-corrected chi connectivity index (χ2v) is 5.22. The third kappa shape index (κ3) is 4.18. The number of carboxylic acid groups (broad SMARTS) is 1. The zero-order valence-electron chi connectivity index (χ0n) is 11.5. The zero-order chi connectivity index (χ0) is 14.4. The van der Waals surface area contributed by atoms with Crippen molar-refractivity contribution in [2.24, 2.45) is 0 Å². The normalized spacial score (nSPS) is 20.4. The number of hydrogen-bond acceptors (Lipinski definition) is 3. The van der Waals surface area contributed by atoms with Gasteiger partial charge in [-0.1, -0.05) is 30.7 Å². The monoisotopic (exact) mass is 275 g/mol. The largest absolute Gasteiger partial charge is 0.478 e. The molecule has 0 amide bonds. The summed E-state index contributed by atoms with van der Waals surface area (Å²) < 4.78 is 0. The fourth-order valence-electron chi connectivity index (χ4n) is 2.61. The van der Waals surface area contributed by atoms with Gasteiger partial charge < -0.3 is 10.2 Å². The lowest BCUT2D eigenvalue weighted by molar-refractivity contribution is -0.131. The third-order valence-electron chi connectivity index (χ3n) is 3.74. The maximum Gasteiger partial charge on any atom is 0.328 e. The van der Waals surface area contributed by atoms with E-state index in [4.69, 9.17) is 5.11 Å². The molecule has 1 atom stereocenters. The number of benzene rings is 1. The van der Waals surface area contributed by atoms with Gasteiger partial charge in [-0.25, -0.2) is 4.79 Å². The van der Waals surface area contributed by atoms with Crippen molar-refractivity contribution in [3.63, 3.8) is 0 Å². The molecule has 2 rings (SSSR count). The third-order valence-corrected chi connectivity index (χ3v) is 3.74. The SMILES string of the molecule is O=C(O)C=Cc1ccc(CN2CCCCC2CO)cc1. The van der Waals surface area contributed by atoms with Crippen LogP contribution in [-0.4, -0.2) is 40.3 Å². The molecule has 1 fully saturated rings. The van der Waals surface area contributed by atoms with Crippen molar-refractivity contribution < 1.29 is 15.0 Å². The first-order valence-corrected chi connectivity index (χ1v) is 7.04. The van der Waals surface area contributed by atoms with E-state index in [1.54, 1.807) is 6.08 Å². The second-order valence-electron chi connectivity index (χ2n) is 5.22. The van der Waals surface area contributed by atoms with Gasteiger partial charge in [-0.2, -0.15) is 0 Å². The highest BCUT2D eigenvalue weighted by Crippen LogP contribution is 2.19. The molecule has 4 nitrogen and oxygen atoms in total. The zero-order valence-corrected chi connectivity index (χ0v) is 11.5. The van der Waals surface area contributed by atoms with Gasteiger partial charge in [0.2, 0.25) is 0 Å². The summed E-state index contributed by atoms with van der Waals surface area (Å²) in [5, 5.41) is 18.0. The Labute approximate surface area is 119 Å². The van der Waals surface area contributed by atoms with Gasteiger partial charge in [-0.15, -0.1) is 0 Å². The highest BCUT2D eigenvalue weighted by Gasteiger charge is 2.21. The molecule has 108 valence electrons. The highest BCUT2D eigenvalue weighted by molar-refractivity contribution is 5.85. The molecule has 1 aromatic rings. The molecule has 1 aliphatic rings. The van der Waals surface area contributed by atoms with Crippen LogP contribution in [0.15, 0.2) is 30.3 Å². The van der Waals surface area contributed by atoms with Crippen LogP contribution in [0.4, 0.5) is 0 Å². The highest BCUT2D eigenvalue weighted by atomic mass is 16.4. The Morgan fingerprint density at radius 3 is 2.70 bits per heavy atom. The Bertz CT molecular complexity index is 467. The van der Waals surface area contributed by atoms with Gasteiger partial charge in [0, 0.05) is 18.7 Å². The smallest absolute Gasteiger partial charge is 0.328 e. The van der Waals surface area contributed by atoms with Crippen LogP contribution in [0.2, 0.25) is 0 Å². The molecule has 0 aliphatic carbocycles. The Morgan fingerprint density at radius 1 is 1.30 bits per heavy atom. The first-order chi connectivity index (χ1) is 9.69. The van der Waals surface area contributed by atoms with Crippen LogP contribution in [0.1, 0.15) is 30.4 Å². The standard InChI is InChI=1S/C16H21NO3/c18-12-15-3-1-2-10-17(15)11-14-6-4-13(5-7-14)8-9-16(19)20/h4-9,15,18H,1-3,10-12H2,(H,19,20). The fourth-order valence-corrected chi connectivity index (χ4v) is 2.61. The molecule has 0 radical (unpaired) electrons. The molecule has 1 aliphatic heterocycles. The minimum atomic E-state index is -0.937. The van der Waals surface area contributed by atoms with Crippen molar-refractivity contribution >= 4 is 12.0 Å². The summed E-state index contributed by atoms with van der Waals surface area (Å²) in [6.07, 6.45) is 6.18. The molecule has 1 heterocycles. The molecule has 0 spiro atoms. The number of aliphatic hydroxyl groups excluding tert-OH is 1. The number of carboxylic acids is 1. The molecule has 20 heavy (non-hydrogen) atoms. The topological polar surface area (TPSA) is 60.8 Å². The molecule has 2 N–H and O–H groups in total. The quantitative estimate of drug-likeness (QED) is 0.808. The average Bonchev–Trinajstić information content (AvgIpc) is 2.47. The van der Waals surface area contributed by atoms with E-state index in [2.05, 4.69) is 4.90 Å². The maximum absolute atomic E-state index is 10.5. The van der Waals surface area contributed by atoms with Crippen molar-refractivity contribution in [2.75, 3.05) is 13.2 Å². The van der Waals surface area contributed by atoms with E-state index in [9.17, 15) is 9.90 Å². The lowest BCUT2D eigenvalue weighted by Gasteiger charge is -2.34. The van der Waals surface area contributed by atoms with Crippen LogP contribution >= 0.6 is 0 Å². The summed E-state index contributed by atoms with van der Waals surface area (Å²) in [5.41, 5.74) is 2.08. The number of piperidine rings is 1. The van der Waals surface area contributed by atoms with Crippen molar-refractivity contribution in [1.29, 1.82) is 0 Å². The maximum atomic E-state index is 10.5. The van der Waals surface area contributed by atoms with Crippen molar-refractivity contribution in [3.8, 4) is 0 Å². The van der Waals surface area contributed by atoms with E-state index >= 15 is 0 Å². The number of nitrogens with zero attached hydrogens (tertiary/aromatic N) is 1. The molecule has 0 saturated carbocycles. The van der Waals surface area contributed by atoms with Crippen LogP contribution in [0, 0.1) is 0 Å². The van der Waals surface area contributed by atoms with Crippen LogP contribution in [0.5, 0.6) is 0 Å². The van der Waals surface area contributed by atoms with E-state index in [-0.39, 0.29) is 12.6 Å². The Hall–Kier alpha value is -1.65. The predicted molar refractivity (Wildman–Crippen MR) is 78.2 cm³/mol. The van der Waals surface area contributed by atoms with Gasteiger partial charge in [0.1, 0.15) is 0 Å². The molecular formula is C16H21NO3. The number of hydrogen-bond donors (Lipinski definition) is 2. The Balaban J connectivity index is 1.97. The minimum Gasteiger partial charge on any atom is -0.478 e. The summed E-state index contributed by atoms with van der Waals surface area (Å²) in [6, 6.07) is 8.16. The molecule has 0 aromatic heterocycles. The fraction of sp³-hybridized carbons (Fsp3) is 0.438. The molecule has 1 saturated heterocycles. The van der Waals surface area contributed by atoms with Gasteiger partial charge in [-0.05, 0) is 36.6 Å². The Kier molecular flexibility index (Phi) is 5.32. The van der Waals surface area contributed by atoms with E-state index in [1.165, 1.54) is 18.4 Å². The Morgan fingerprint density at radius 2 is 2.05 bits per heavy atom. The molecule has 4 heteroatoms. The molecular weight excluding hydrogens is 254 g/mol. The van der Waals surface area contributed by atoms with Crippen molar-refractivity contribution in [2.45, 2.75) is 31.8 Å². The number of carbonyl (C=O) groups is 1. The minimum absolute atomic E-state index is 0.222. The van der Waals surface area contributed by atoms with Gasteiger partial charge >= 0.3 is 5.97 Å². The molecule has 0 bridgehead atoms. The van der Waals surface area contributed by atoms with Crippen LogP contribution < -0.4 is 0 Å². The lowest BCUT2D eigenvalue weighted by atomic mass is 10.0. The van der Waals surface area contributed by atoms with Crippen LogP contribution in [0.25, 0.3) is 6.08 Å². The van der Waals surface area contributed by atoms with E-state index in [1.807, 2.05) is 24.3 Å². The van der Waals surface area contributed by atoms with Crippen LogP contribution in [0.3, 0.4) is 0 Å². The van der Waals surface area contributed by atoms with Crippen LogP contribution in [-0.2, 0) is 11.3 Å². The molecule has 1 aromatic carbocycles. The summed E-state index contributed by atoms with van der Waals surface area (Å²) in [4.78, 5) is 12.8. The second kappa shape index (κ2) is 7.22. The average molecular weight is 275 g/mol. The first-order valence-electron chi connectivity index (χ1n) is 7.04. The van der Waals surface area contributed by atoms with Gasteiger partial charge in [-0.3, -0.25) is 4.90 Å². The number of aliphatic hydroxyl groups is 1. The van der Waals surface area contributed by atoms with Gasteiger partial charge in [0.15, 0.2) is 0 Å². The van der Waals surface area contributed by atoms with E-state index < -0.39 is 5.97 Å². The summed E-state index contributed by atoms with van der Waals surface area (Å²) in [5.74, 6) is -0.937.